The number of amides is 2. The molecule has 0 aliphatic carbocycles. The van der Waals surface area contributed by atoms with Gasteiger partial charge < -0.3 is 15.3 Å². The summed E-state index contributed by atoms with van der Waals surface area (Å²) in [5, 5.41) is 12.0. The van der Waals surface area contributed by atoms with Gasteiger partial charge in [0.25, 0.3) is 11.8 Å². The maximum Gasteiger partial charge on any atom is 0.337 e. The first-order valence-corrected chi connectivity index (χ1v) is 8.92. The highest BCUT2D eigenvalue weighted by Gasteiger charge is 2.26. The molecule has 28 heavy (non-hydrogen) atoms. The van der Waals surface area contributed by atoms with E-state index < -0.39 is 11.8 Å². The number of pyridine rings is 1. The molecule has 1 fully saturated rings. The third kappa shape index (κ3) is 4.33. The van der Waals surface area contributed by atoms with E-state index in [1.807, 2.05) is 0 Å². The van der Waals surface area contributed by atoms with Gasteiger partial charge in [-0.15, -0.1) is 0 Å². The van der Waals surface area contributed by atoms with Gasteiger partial charge in [0, 0.05) is 24.7 Å². The lowest BCUT2D eigenvalue weighted by Crippen LogP contribution is -2.46. The van der Waals surface area contributed by atoms with Crippen molar-refractivity contribution in [2.75, 3.05) is 13.1 Å². The Labute approximate surface area is 161 Å². The minimum absolute atomic E-state index is 0.0683. The van der Waals surface area contributed by atoms with Crippen molar-refractivity contribution in [2.45, 2.75) is 25.8 Å². The predicted molar refractivity (Wildman–Crippen MR) is 98.7 cm³/mol. The maximum absolute atomic E-state index is 13.0. The van der Waals surface area contributed by atoms with E-state index in [9.17, 15) is 18.8 Å². The predicted octanol–water partition coefficient (Wildman–Crippen LogP) is 2.26. The molecular formula is C20H20FN3O4. The van der Waals surface area contributed by atoms with Crippen molar-refractivity contribution in [1.29, 1.82) is 0 Å². The number of carboxylic acids is 1. The summed E-state index contributed by atoms with van der Waals surface area (Å²) in [6.45, 7) is 2.46. The fraction of sp³-hybridized carbons (Fsp3) is 0.300. The van der Waals surface area contributed by atoms with Crippen LogP contribution in [0.4, 0.5) is 4.39 Å². The molecule has 2 amide bonds. The summed E-state index contributed by atoms with van der Waals surface area (Å²) < 4.78 is 13.0. The summed E-state index contributed by atoms with van der Waals surface area (Å²) in [4.78, 5) is 41.6. The average molecular weight is 385 g/mol. The molecular weight excluding hydrogens is 365 g/mol. The molecule has 0 spiro atoms. The zero-order valence-electron chi connectivity index (χ0n) is 15.3. The van der Waals surface area contributed by atoms with Gasteiger partial charge >= 0.3 is 5.97 Å². The molecule has 1 saturated heterocycles. The Balaban J connectivity index is 1.56. The number of nitrogens with one attached hydrogen (secondary N) is 1. The summed E-state index contributed by atoms with van der Waals surface area (Å²) >= 11 is 0. The van der Waals surface area contributed by atoms with Crippen molar-refractivity contribution in [2.24, 2.45) is 0 Å². The van der Waals surface area contributed by atoms with Crippen LogP contribution < -0.4 is 5.32 Å². The first-order chi connectivity index (χ1) is 13.3. The van der Waals surface area contributed by atoms with E-state index in [0.29, 0.717) is 37.2 Å². The van der Waals surface area contributed by atoms with Crippen LogP contribution in [0.15, 0.2) is 36.4 Å². The van der Waals surface area contributed by atoms with Crippen LogP contribution in [0, 0.1) is 12.7 Å². The van der Waals surface area contributed by atoms with Crippen LogP contribution in [0.25, 0.3) is 0 Å². The largest absolute Gasteiger partial charge is 0.478 e. The normalized spacial score (nSPS) is 14.6. The maximum atomic E-state index is 13.0. The SMILES string of the molecule is Cc1nc(C(=O)N2CCC(NC(=O)c3ccc(F)cc3)CC2)ccc1C(=O)O. The van der Waals surface area contributed by atoms with Crippen LogP contribution in [0.1, 0.15) is 49.7 Å². The number of likely N-dealkylation sites (tertiary alicyclic amines) is 1. The third-order valence-corrected chi connectivity index (χ3v) is 4.76. The van der Waals surface area contributed by atoms with Gasteiger partial charge in [-0.3, -0.25) is 9.59 Å². The lowest BCUT2D eigenvalue weighted by Gasteiger charge is -2.32. The van der Waals surface area contributed by atoms with E-state index in [2.05, 4.69) is 10.3 Å². The number of piperidine rings is 1. The molecule has 146 valence electrons. The Morgan fingerprint density at radius 2 is 1.75 bits per heavy atom. The highest BCUT2D eigenvalue weighted by Crippen LogP contribution is 2.15. The molecule has 7 nitrogen and oxygen atoms in total. The number of hydrogen-bond acceptors (Lipinski definition) is 4. The van der Waals surface area contributed by atoms with Gasteiger partial charge in [0.15, 0.2) is 0 Å². The van der Waals surface area contributed by atoms with E-state index in [4.69, 9.17) is 5.11 Å². The number of carbonyl (C=O) groups excluding carboxylic acids is 2. The number of halogens is 1. The van der Waals surface area contributed by atoms with Gasteiger partial charge in [-0.1, -0.05) is 0 Å². The van der Waals surface area contributed by atoms with Crippen molar-refractivity contribution < 1.29 is 23.9 Å². The van der Waals surface area contributed by atoms with Crippen LogP contribution >= 0.6 is 0 Å². The highest BCUT2D eigenvalue weighted by atomic mass is 19.1. The van der Waals surface area contributed by atoms with E-state index >= 15 is 0 Å². The van der Waals surface area contributed by atoms with E-state index in [1.165, 1.54) is 36.4 Å². The molecule has 1 aliphatic rings. The second-order valence-electron chi connectivity index (χ2n) is 6.68. The van der Waals surface area contributed by atoms with Crippen LogP contribution in [0.5, 0.6) is 0 Å². The molecule has 2 aromatic rings. The molecule has 1 aromatic carbocycles. The first-order valence-electron chi connectivity index (χ1n) is 8.92. The molecule has 8 heteroatoms. The second-order valence-corrected chi connectivity index (χ2v) is 6.68. The topological polar surface area (TPSA) is 99.6 Å². The number of carbonyl (C=O) groups is 3. The summed E-state index contributed by atoms with van der Waals surface area (Å²) in [7, 11) is 0. The minimum atomic E-state index is -1.08. The zero-order valence-corrected chi connectivity index (χ0v) is 15.3. The Bertz CT molecular complexity index is 906. The minimum Gasteiger partial charge on any atom is -0.478 e. The van der Waals surface area contributed by atoms with E-state index in [0.717, 1.165) is 0 Å². The van der Waals surface area contributed by atoms with Crippen molar-refractivity contribution in [3.63, 3.8) is 0 Å². The third-order valence-electron chi connectivity index (χ3n) is 4.76. The molecule has 1 aromatic heterocycles. The number of aryl methyl sites for hydroxylation is 1. The van der Waals surface area contributed by atoms with Crippen LogP contribution in [0.2, 0.25) is 0 Å². The number of carboxylic acid groups (broad SMARTS) is 1. The molecule has 3 rings (SSSR count). The molecule has 2 heterocycles. The molecule has 0 radical (unpaired) electrons. The average Bonchev–Trinajstić information content (AvgIpc) is 2.68. The van der Waals surface area contributed by atoms with Gasteiger partial charge in [0.05, 0.1) is 11.3 Å². The van der Waals surface area contributed by atoms with Gasteiger partial charge in [0.2, 0.25) is 0 Å². The second kappa shape index (κ2) is 8.16. The number of benzene rings is 1. The zero-order chi connectivity index (χ0) is 20.3. The van der Waals surface area contributed by atoms with Gasteiger partial charge in [0.1, 0.15) is 11.5 Å². The molecule has 0 bridgehead atoms. The Hall–Kier alpha value is -3.29. The lowest BCUT2D eigenvalue weighted by molar-refractivity contribution is 0.0676. The summed E-state index contributed by atoms with van der Waals surface area (Å²) in [5.41, 5.74) is 0.952. The van der Waals surface area contributed by atoms with Gasteiger partial charge in [-0.25, -0.2) is 14.2 Å². The Morgan fingerprint density at radius 3 is 2.32 bits per heavy atom. The van der Waals surface area contributed by atoms with Crippen LogP contribution in [-0.2, 0) is 0 Å². The number of aromatic nitrogens is 1. The van der Waals surface area contributed by atoms with E-state index in [1.54, 1.807) is 11.8 Å². The van der Waals surface area contributed by atoms with Gasteiger partial charge in [-0.2, -0.15) is 0 Å². The molecule has 0 atom stereocenters. The highest BCUT2D eigenvalue weighted by molar-refractivity contribution is 5.95. The molecule has 0 saturated carbocycles. The Kier molecular flexibility index (Phi) is 5.67. The van der Waals surface area contributed by atoms with Crippen molar-refractivity contribution in [3.8, 4) is 0 Å². The molecule has 2 N–H and O–H groups in total. The van der Waals surface area contributed by atoms with Crippen LogP contribution in [0.3, 0.4) is 0 Å². The summed E-state index contributed by atoms with van der Waals surface area (Å²) in [5.74, 6) is -2.01. The van der Waals surface area contributed by atoms with Crippen molar-refractivity contribution in [3.05, 3.63) is 64.7 Å². The van der Waals surface area contributed by atoms with Gasteiger partial charge in [-0.05, 0) is 56.2 Å². The van der Waals surface area contributed by atoms with Crippen LogP contribution in [-0.4, -0.2) is 51.9 Å². The first kappa shape index (κ1) is 19.5. The smallest absolute Gasteiger partial charge is 0.337 e. The monoisotopic (exact) mass is 385 g/mol. The number of nitrogens with zero attached hydrogens (tertiary/aromatic N) is 2. The summed E-state index contributed by atoms with van der Waals surface area (Å²) in [6, 6.07) is 8.05. The fourth-order valence-corrected chi connectivity index (χ4v) is 3.17. The van der Waals surface area contributed by atoms with Crippen molar-refractivity contribution in [1.82, 2.24) is 15.2 Å². The fourth-order valence-electron chi connectivity index (χ4n) is 3.17. The number of rotatable bonds is 4. The van der Waals surface area contributed by atoms with Crippen molar-refractivity contribution >= 4 is 17.8 Å². The standard InChI is InChI=1S/C20H20FN3O4/c1-12-16(20(27)28)6-7-17(22-12)19(26)24-10-8-15(9-11-24)23-18(25)13-2-4-14(21)5-3-13/h2-7,15H,8-11H2,1H3,(H,23,25)(H,27,28). The Morgan fingerprint density at radius 1 is 1.11 bits per heavy atom. The van der Waals surface area contributed by atoms with E-state index in [-0.39, 0.29) is 29.1 Å². The quantitative estimate of drug-likeness (QED) is 0.841. The summed E-state index contributed by atoms with van der Waals surface area (Å²) in [6.07, 6.45) is 1.18. The number of aromatic carboxylic acids is 1. The lowest BCUT2D eigenvalue weighted by atomic mass is 10.0. The number of hydrogen-bond donors (Lipinski definition) is 2. The molecule has 0 unspecified atom stereocenters. The molecule has 1 aliphatic heterocycles.